The van der Waals surface area contributed by atoms with E-state index in [4.69, 9.17) is 4.98 Å². The number of rotatable bonds is 6. The first kappa shape index (κ1) is 16.9. The molecule has 134 valence electrons. The van der Waals surface area contributed by atoms with E-state index in [-0.39, 0.29) is 12.6 Å². The molecule has 4 heterocycles. The summed E-state index contributed by atoms with van der Waals surface area (Å²) in [6.07, 6.45) is 3.47. The number of hydrogen-bond acceptors (Lipinski definition) is 5. The lowest BCUT2D eigenvalue weighted by Crippen LogP contribution is -2.13. The van der Waals surface area contributed by atoms with Gasteiger partial charge in [0.15, 0.2) is 11.5 Å². The Balaban J connectivity index is 1.61. The van der Waals surface area contributed by atoms with Crippen molar-refractivity contribution in [1.29, 1.82) is 0 Å². The molecular weight excluding hydrogens is 346 g/mol. The van der Waals surface area contributed by atoms with Crippen LogP contribution in [-0.2, 0) is 12.8 Å². The molecule has 26 heavy (non-hydrogen) atoms. The number of imidazole rings is 1. The van der Waals surface area contributed by atoms with Crippen LogP contribution in [0.5, 0.6) is 0 Å². The van der Waals surface area contributed by atoms with E-state index in [0.717, 1.165) is 40.0 Å². The van der Waals surface area contributed by atoms with Crippen molar-refractivity contribution >= 4 is 17.0 Å². The van der Waals surface area contributed by atoms with Crippen LogP contribution in [0.2, 0.25) is 0 Å². The number of nitrogens with zero attached hydrogens (tertiary/aromatic N) is 5. The second kappa shape index (κ2) is 7.01. The second-order valence-corrected chi connectivity index (χ2v) is 7.37. The fourth-order valence-electron chi connectivity index (χ4n) is 3.04. The lowest BCUT2D eigenvalue weighted by molar-refractivity contribution is 0.236. The number of aromatic nitrogens is 5. The predicted octanol–water partition coefficient (Wildman–Crippen LogP) is 3.30. The minimum absolute atomic E-state index is 0.0116. The van der Waals surface area contributed by atoms with Crippen molar-refractivity contribution in [3.63, 3.8) is 0 Å². The van der Waals surface area contributed by atoms with Crippen molar-refractivity contribution in [3.05, 3.63) is 59.3 Å². The van der Waals surface area contributed by atoms with Crippen molar-refractivity contribution in [2.45, 2.75) is 32.7 Å². The predicted molar refractivity (Wildman–Crippen MR) is 102 cm³/mol. The molecule has 0 amide bonds. The minimum atomic E-state index is -0.0116. The van der Waals surface area contributed by atoms with Gasteiger partial charge in [0.05, 0.1) is 23.2 Å². The van der Waals surface area contributed by atoms with Crippen LogP contribution in [0.1, 0.15) is 30.3 Å². The molecule has 0 aliphatic rings. The average molecular weight is 367 g/mol. The van der Waals surface area contributed by atoms with Gasteiger partial charge >= 0.3 is 0 Å². The molecule has 0 spiro atoms. The van der Waals surface area contributed by atoms with Gasteiger partial charge < -0.3 is 9.67 Å². The monoisotopic (exact) mass is 367 g/mol. The summed E-state index contributed by atoms with van der Waals surface area (Å²) in [7, 11) is 0. The summed E-state index contributed by atoms with van der Waals surface area (Å²) >= 11 is 1.67. The highest BCUT2D eigenvalue weighted by Gasteiger charge is 2.15. The van der Waals surface area contributed by atoms with Gasteiger partial charge in [0.1, 0.15) is 5.82 Å². The van der Waals surface area contributed by atoms with Crippen LogP contribution < -0.4 is 0 Å². The maximum Gasteiger partial charge on any atom is 0.155 e. The molecule has 0 saturated carbocycles. The fourth-order valence-corrected chi connectivity index (χ4v) is 3.72. The molecule has 1 atom stereocenters. The first-order chi connectivity index (χ1) is 12.7. The van der Waals surface area contributed by atoms with Crippen LogP contribution in [0, 0.1) is 6.92 Å². The lowest BCUT2D eigenvalue weighted by atomic mass is 10.2. The summed E-state index contributed by atoms with van der Waals surface area (Å²) in [6, 6.07) is 10.1. The summed E-state index contributed by atoms with van der Waals surface area (Å²) < 4.78 is 3.94. The quantitative estimate of drug-likeness (QED) is 0.568. The number of hydrogen-bond donors (Lipinski definition) is 1. The number of pyridine rings is 1. The Kier molecular flexibility index (Phi) is 4.57. The zero-order valence-electron chi connectivity index (χ0n) is 14.8. The van der Waals surface area contributed by atoms with Crippen LogP contribution >= 0.6 is 11.3 Å². The van der Waals surface area contributed by atoms with E-state index < -0.39 is 0 Å². The minimum Gasteiger partial charge on any atom is -0.394 e. The van der Waals surface area contributed by atoms with Gasteiger partial charge in [-0.05, 0) is 37.4 Å². The van der Waals surface area contributed by atoms with Crippen molar-refractivity contribution in [2.75, 3.05) is 6.61 Å². The zero-order chi connectivity index (χ0) is 18.1. The molecule has 4 aromatic rings. The van der Waals surface area contributed by atoms with Crippen molar-refractivity contribution in [3.8, 4) is 10.6 Å². The SMILES string of the molecule is Cc1cccc2nc(CCc3nc(-c4cccs4)cn3[C@H](C)CO)nn12. The third kappa shape index (κ3) is 3.15. The normalized spacial score (nSPS) is 12.7. The Morgan fingerprint density at radius 2 is 2.04 bits per heavy atom. The maximum absolute atomic E-state index is 9.59. The number of aliphatic hydroxyl groups excluding tert-OH is 1. The van der Waals surface area contributed by atoms with E-state index in [0.29, 0.717) is 6.42 Å². The molecule has 1 N–H and O–H groups in total. The molecule has 4 aromatic heterocycles. The Labute approximate surface area is 155 Å². The molecule has 0 saturated heterocycles. The molecule has 0 aliphatic heterocycles. The largest absolute Gasteiger partial charge is 0.394 e. The topological polar surface area (TPSA) is 68.2 Å². The number of thiophene rings is 1. The average Bonchev–Trinajstić information content (AvgIpc) is 3.37. The first-order valence-corrected chi connectivity index (χ1v) is 9.57. The molecule has 0 radical (unpaired) electrons. The van der Waals surface area contributed by atoms with Crippen LogP contribution in [-0.4, -0.2) is 35.9 Å². The van der Waals surface area contributed by atoms with Crippen LogP contribution in [0.4, 0.5) is 0 Å². The maximum atomic E-state index is 9.59. The third-order valence-electron chi connectivity index (χ3n) is 4.49. The summed E-state index contributed by atoms with van der Waals surface area (Å²) in [5.74, 6) is 1.76. The van der Waals surface area contributed by atoms with Gasteiger partial charge in [-0.3, -0.25) is 0 Å². The Bertz CT molecular complexity index is 1020. The highest BCUT2D eigenvalue weighted by atomic mass is 32.1. The summed E-state index contributed by atoms with van der Waals surface area (Å²) in [6.45, 7) is 4.10. The van der Waals surface area contributed by atoms with Gasteiger partial charge in [-0.1, -0.05) is 12.1 Å². The number of fused-ring (bicyclic) bond motifs is 1. The van der Waals surface area contributed by atoms with Crippen LogP contribution in [0.3, 0.4) is 0 Å². The molecule has 0 aliphatic carbocycles. The Morgan fingerprint density at radius 3 is 2.77 bits per heavy atom. The van der Waals surface area contributed by atoms with E-state index in [1.165, 1.54) is 0 Å². The number of aryl methyl sites for hydroxylation is 3. The smallest absolute Gasteiger partial charge is 0.155 e. The third-order valence-corrected chi connectivity index (χ3v) is 5.38. The Morgan fingerprint density at radius 1 is 1.15 bits per heavy atom. The summed E-state index contributed by atoms with van der Waals surface area (Å²) in [5.41, 5.74) is 2.89. The van der Waals surface area contributed by atoms with Crippen LogP contribution in [0.25, 0.3) is 16.2 Å². The van der Waals surface area contributed by atoms with E-state index in [1.807, 2.05) is 54.2 Å². The molecular formula is C19H21N5OS. The van der Waals surface area contributed by atoms with E-state index in [1.54, 1.807) is 11.3 Å². The molecule has 7 heteroatoms. The lowest BCUT2D eigenvalue weighted by Gasteiger charge is -2.12. The van der Waals surface area contributed by atoms with E-state index >= 15 is 0 Å². The highest BCUT2D eigenvalue weighted by Crippen LogP contribution is 2.26. The standard InChI is InChI=1S/C19H21N5OS/c1-13-5-3-7-19-21-17(22-24(13)19)8-9-18-20-15(16-6-4-10-26-16)11-23(18)14(2)12-25/h3-7,10-11,14,25H,8-9,12H2,1-2H3/t14-/m1/s1. The summed E-state index contributed by atoms with van der Waals surface area (Å²) in [5, 5.41) is 16.2. The van der Waals surface area contributed by atoms with E-state index in [9.17, 15) is 5.11 Å². The van der Waals surface area contributed by atoms with Gasteiger partial charge in [0, 0.05) is 24.7 Å². The second-order valence-electron chi connectivity index (χ2n) is 6.42. The van der Waals surface area contributed by atoms with Gasteiger partial charge in [0.2, 0.25) is 0 Å². The van der Waals surface area contributed by atoms with Crippen molar-refractivity contribution < 1.29 is 5.11 Å². The van der Waals surface area contributed by atoms with Gasteiger partial charge in [-0.15, -0.1) is 11.3 Å². The zero-order valence-corrected chi connectivity index (χ0v) is 15.6. The van der Waals surface area contributed by atoms with Crippen molar-refractivity contribution in [1.82, 2.24) is 24.1 Å². The number of aliphatic hydroxyl groups is 1. The van der Waals surface area contributed by atoms with E-state index in [2.05, 4.69) is 20.7 Å². The fraction of sp³-hybridized carbons (Fsp3) is 0.316. The Hall–Kier alpha value is -2.51. The van der Waals surface area contributed by atoms with Crippen LogP contribution in [0.15, 0.2) is 41.9 Å². The van der Waals surface area contributed by atoms with Gasteiger partial charge in [0.25, 0.3) is 0 Å². The molecule has 4 rings (SSSR count). The molecule has 0 fully saturated rings. The molecule has 0 bridgehead atoms. The summed E-state index contributed by atoms with van der Waals surface area (Å²) in [4.78, 5) is 10.6. The van der Waals surface area contributed by atoms with Crippen molar-refractivity contribution in [2.24, 2.45) is 0 Å². The molecule has 0 unspecified atom stereocenters. The molecule has 6 nitrogen and oxygen atoms in total. The molecule has 0 aromatic carbocycles. The van der Waals surface area contributed by atoms with Gasteiger partial charge in [-0.25, -0.2) is 14.5 Å². The first-order valence-electron chi connectivity index (χ1n) is 8.69. The van der Waals surface area contributed by atoms with Gasteiger partial charge in [-0.2, -0.15) is 5.10 Å². The highest BCUT2D eigenvalue weighted by molar-refractivity contribution is 7.13.